The van der Waals surface area contributed by atoms with Gasteiger partial charge in [-0.1, -0.05) is 25.1 Å². The van der Waals surface area contributed by atoms with Crippen LogP contribution in [0.4, 0.5) is 5.69 Å². The summed E-state index contributed by atoms with van der Waals surface area (Å²) in [6.07, 6.45) is 2.38. The third-order valence-electron chi connectivity index (χ3n) is 3.58. The van der Waals surface area contributed by atoms with Gasteiger partial charge in [0.2, 0.25) is 5.91 Å². The van der Waals surface area contributed by atoms with Crippen LogP contribution in [0.5, 0.6) is 0 Å². The number of hydrogen-bond donors (Lipinski definition) is 1. The van der Waals surface area contributed by atoms with Crippen LogP contribution in [0.15, 0.2) is 24.3 Å². The third kappa shape index (κ3) is 3.25. The number of aryl methyl sites for hydroxylation is 1. The average molecular weight is 246 g/mol. The van der Waals surface area contributed by atoms with Gasteiger partial charge >= 0.3 is 0 Å². The summed E-state index contributed by atoms with van der Waals surface area (Å²) >= 11 is 0. The molecule has 1 heterocycles. The number of amides is 1. The van der Waals surface area contributed by atoms with Crippen molar-refractivity contribution in [2.45, 2.75) is 26.7 Å². The molecule has 1 unspecified atom stereocenters. The molecular weight excluding hydrogens is 224 g/mol. The van der Waals surface area contributed by atoms with Gasteiger partial charge in [0, 0.05) is 18.8 Å². The lowest BCUT2D eigenvalue weighted by atomic mass is 10.0. The highest BCUT2D eigenvalue weighted by atomic mass is 16.2. The van der Waals surface area contributed by atoms with E-state index in [1.54, 1.807) is 0 Å². The molecule has 1 aliphatic rings. The Labute approximate surface area is 109 Å². The van der Waals surface area contributed by atoms with E-state index in [2.05, 4.69) is 25.2 Å². The van der Waals surface area contributed by atoms with Crippen molar-refractivity contribution in [3.63, 3.8) is 0 Å². The fourth-order valence-corrected chi connectivity index (χ4v) is 2.47. The summed E-state index contributed by atoms with van der Waals surface area (Å²) in [5, 5.41) is 3.23. The summed E-state index contributed by atoms with van der Waals surface area (Å²) in [6.45, 7) is 6.49. The van der Waals surface area contributed by atoms with E-state index in [-0.39, 0.29) is 5.91 Å². The highest BCUT2D eigenvalue weighted by Gasteiger charge is 2.20. The minimum atomic E-state index is 0.213. The zero-order valence-corrected chi connectivity index (χ0v) is 11.3. The van der Waals surface area contributed by atoms with Crippen molar-refractivity contribution in [3.05, 3.63) is 29.8 Å². The second-order valence-corrected chi connectivity index (χ2v) is 5.26. The number of para-hydroxylation sites is 1. The molecule has 0 spiro atoms. The van der Waals surface area contributed by atoms with Gasteiger partial charge in [-0.05, 0) is 37.3 Å². The Balaban J connectivity index is 1.86. The molecule has 0 aromatic heterocycles. The minimum absolute atomic E-state index is 0.213. The smallest absolute Gasteiger partial charge is 0.241 e. The van der Waals surface area contributed by atoms with Gasteiger partial charge in [0.15, 0.2) is 0 Å². The largest absolute Gasteiger partial charge is 0.376 e. The number of likely N-dealkylation sites (tertiary alicyclic amines) is 1. The lowest BCUT2D eigenvalue weighted by Gasteiger charge is -2.31. The van der Waals surface area contributed by atoms with Gasteiger partial charge in [0.25, 0.3) is 0 Å². The van der Waals surface area contributed by atoms with Crippen molar-refractivity contribution >= 4 is 11.6 Å². The highest BCUT2D eigenvalue weighted by molar-refractivity contribution is 5.81. The number of carbonyl (C=O) groups is 1. The van der Waals surface area contributed by atoms with Crippen LogP contribution < -0.4 is 5.32 Å². The van der Waals surface area contributed by atoms with E-state index in [0.29, 0.717) is 12.5 Å². The summed E-state index contributed by atoms with van der Waals surface area (Å²) in [7, 11) is 0. The van der Waals surface area contributed by atoms with E-state index < -0.39 is 0 Å². The molecule has 0 radical (unpaired) electrons. The second kappa shape index (κ2) is 5.89. The van der Waals surface area contributed by atoms with E-state index in [9.17, 15) is 4.79 Å². The molecule has 98 valence electrons. The highest BCUT2D eigenvalue weighted by Crippen LogP contribution is 2.16. The average Bonchev–Trinajstić information content (AvgIpc) is 2.37. The summed E-state index contributed by atoms with van der Waals surface area (Å²) in [4.78, 5) is 14.1. The molecule has 1 atom stereocenters. The third-order valence-corrected chi connectivity index (χ3v) is 3.58. The number of hydrogen-bond acceptors (Lipinski definition) is 2. The molecule has 0 saturated carbocycles. The molecule has 1 aliphatic heterocycles. The van der Waals surface area contributed by atoms with Crippen LogP contribution in [0, 0.1) is 12.8 Å². The van der Waals surface area contributed by atoms with Crippen molar-refractivity contribution in [2.75, 3.05) is 25.0 Å². The van der Waals surface area contributed by atoms with E-state index in [4.69, 9.17) is 0 Å². The predicted molar refractivity (Wildman–Crippen MR) is 74.6 cm³/mol. The molecule has 1 saturated heterocycles. The van der Waals surface area contributed by atoms with Crippen molar-refractivity contribution in [3.8, 4) is 0 Å². The topological polar surface area (TPSA) is 32.3 Å². The standard InChI is InChI=1S/C15H22N2O/c1-12-6-5-9-17(11-12)15(18)10-16-14-8-4-3-7-13(14)2/h3-4,7-8,12,16H,5-6,9-11H2,1-2H3. The van der Waals surface area contributed by atoms with E-state index >= 15 is 0 Å². The number of nitrogens with zero attached hydrogens (tertiary/aromatic N) is 1. The molecule has 0 aliphatic carbocycles. The molecule has 2 rings (SSSR count). The first-order valence-electron chi connectivity index (χ1n) is 6.74. The maximum atomic E-state index is 12.1. The maximum Gasteiger partial charge on any atom is 0.241 e. The number of anilines is 1. The summed E-state index contributed by atoms with van der Waals surface area (Å²) in [5.41, 5.74) is 2.23. The lowest BCUT2D eigenvalue weighted by Crippen LogP contribution is -2.42. The van der Waals surface area contributed by atoms with Crippen LogP contribution in [0.3, 0.4) is 0 Å². The first-order valence-corrected chi connectivity index (χ1v) is 6.74. The lowest BCUT2D eigenvalue weighted by molar-refractivity contribution is -0.130. The molecular formula is C15H22N2O. The van der Waals surface area contributed by atoms with E-state index in [0.717, 1.165) is 25.2 Å². The van der Waals surface area contributed by atoms with Crippen molar-refractivity contribution in [2.24, 2.45) is 5.92 Å². The van der Waals surface area contributed by atoms with E-state index in [1.165, 1.54) is 12.0 Å². The number of nitrogens with one attached hydrogen (secondary N) is 1. The number of piperidine rings is 1. The maximum absolute atomic E-state index is 12.1. The summed E-state index contributed by atoms with van der Waals surface area (Å²) < 4.78 is 0. The second-order valence-electron chi connectivity index (χ2n) is 5.26. The predicted octanol–water partition coefficient (Wildman–Crippen LogP) is 2.67. The molecule has 1 aromatic carbocycles. The summed E-state index contributed by atoms with van der Waals surface area (Å²) in [5.74, 6) is 0.853. The van der Waals surface area contributed by atoms with Crippen LogP contribution in [-0.4, -0.2) is 30.4 Å². The van der Waals surface area contributed by atoms with Crippen molar-refractivity contribution < 1.29 is 4.79 Å². The zero-order chi connectivity index (χ0) is 13.0. The first-order chi connectivity index (χ1) is 8.66. The fourth-order valence-electron chi connectivity index (χ4n) is 2.47. The fraction of sp³-hybridized carbons (Fsp3) is 0.533. The van der Waals surface area contributed by atoms with E-state index in [1.807, 2.05) is 23.1 Å². The van der Waals surface area contributed by atoms with Gasteiger partial charge in [-0.2, -0.15) is 0 Å². The van der Waals surface area contributed by atoms with Crippen LogP contribution in [0.1, 0.15) is 25.3 Å². The Hall–Kier alpha value is -1.51. The molecule has 3 nitrogen and oxygen atoms in total. The molecule has 1 fully saturated rings. The number of rotatable bonds is 3. The molecule has 3 heteroatoms. The number of benzene rings is 1. The molecule has 1 aromatic rings. The summed E-state index contributed by atoms with van der Waals surface area (Å²) in [6, 6.07) is 8.06. The van der Waals surface area contributed by atoms with Gasteiger partial charge in [0.1, 0.15) is 0 Å². The van der Waals surface area contributed by atoms with Crippen molar-refractivity contribution in [1.29, 1.82) is 0 Å². The van der Waals surface area contributed by atoms with Crippen LogP contribution in [0.25, 0.3) is 0 Å². The van der Waals surface area contributed by atoms with Gasteiger partial charge in [0.05, 0.1) is 6.54 Å². The SMILES string of the molecule is Cc1ccccc1NCC(=O)N1CCCC(C)C1. The minimum Gasteiger partial charge on any atom is -0.376 e. The monoisotopic (exact) mass is 246 g/mol. The Morgan fingerprint density at radius 3 is 2.94 bits per heavy atom. The Kier molecular flexibility index (Phi) is 4.24. The van der Waals surface area contributed by atoms with Gasteiger partial charge < -0.3 is 10.2 Å². The van der Waals surface area contributed by atoms with Gasteiger partial charge in [-0.15, -0.1) is 0 Å². The van der Waals surface area contributed by atoms with Gasteiger partial charge in [-0.25, -0.2) is 0 Å². The quantitative estimate of drug-likeness (QED) is 0.889. The molecule has 18 heavy (non-hydrogen) atoms. The van der Waals surface area contributed by atoms with Crippen LogP contribution in [-0.2, 0) is 4.79 Å². The Morgan fingerprint density at radius 2 is 2.22 bits per heavy atom. The Bertz CT molecular complexity index is 417. The van der Waals surface area contributed by atoms with Crippen LogP contribution in [0.2, 0.25) is 0 Å². The van der Waals surface area contributed by atoms with Gasteiger partial charge in [-0.3, -0.25) is 4.79 Å². The number of carbonyl (C=O) groups excluding carboxylic acids is 1. The van der Waals surface area contributed by atoms with Crippen molar-refractivity contribution in [1.82, 2.24) is 4.90 Å². The molecule has 1 N–H and O–H groups in total. The van der Waals surface area contributed by atoms with Crippen LogP contribution >= 0.6 is 0 Å². The first kappa shape index (κ1) is 12.9. The molecule has 1 amide bonds. The molecule has 0 bridgehead atoms. The Morgan fingerprint density at radius 1 is 1.44 bits per heavy atom. The normalized spacial score (nSPS) is 19.7. The zero-order valence-electron chi connectivity index (χ0n) is 11.3.